The number of hydrogen-bond donors (Lipinski definition) is 0. The fourth-order valence-electron chi connectivity index (χ4n) is 0.321. The fourth-order valence-corrected chi connectivity index (χ4v) is 0.321. The van der Waals surface area contributed by atoms with Gasteiger partial charge in [0.05, 0.1) is 0 Å². The van der Waals surface area contributed by atoms with Gasteiger partial charge in [0.15, 0.2) is 0 Å². The van der Waals surface area contributed by atoms with E-state index < -0.39 is 0 Å². The third kappa shape index (κ3) is 0.428. The van der Waals surface area contributed by atoms with Gasteiger partial charge in [0.2, 0.25) is 12.2 Å². The van der Waals surface area contributed by atoms with Crippen LogP contribution in [0.5, 0.6) is 0 Å². The summed E-state index contributed by atoms with van der Waals surface area (Å²) in [5.41, 5.74) is 0. The molecule has 1 heterocycles. The summed E-state index contributed by atoms with van der Waals surface area (Å²) in [5, 5.41) is 0. The highest BCUT2D eigenvalue weighted by atomic mass is 16.6. The van der Waals surface area contributed by atoms with Crippen molar-refractivity contribution in [2.75, 3.05) is 0 Å². The second kappa shape index (κ2) is 0.716. The summed E-state index contributed by atoms with van der Waals surface area (Å²) in [5.74, 6) is 0. The predicted molar refractivity (Wildman–Crippen MR) is 21.1 cm³/mol. The highest BCUT2D eigenvalue weighted by Crippen LogP contribution is 2.13. The Morgan fingerprint density at radius 2 is 1.40 bits per heavy atom. The number of ether oxygens (including phenoxy) is 1. The van der Waals surface area contributed by atoms with Gasteiger partial charge >= 0.3 is 0 Å². The monoisotopic (exact) mass is 73.1 g/mol. The maximum absolute atomic E-state index is 4.06. The number of aliphatic hydroxyl groups is 2. The van der Waals surface area contributed by atoms with Gasteiger partial charge in [-0.2, -0.15) is 0 Å². The van der Waals surface area contributed by atoms with E-state index in [0.717, 1.165) is 0 Å². The molecule has 0 aromatic heterocycles. The molecule has 0 unspecified atom stereocenters. The second-order valence-corrected chi connectivity index (χ2v) is 1.63. The van der Waals surface area contributed by atoms with Gasteiger partial charge in [-0.1, -0.05) is 0 Å². The molecule has 0 radical (unpaired) electrons. The topological polar surface area (TPSA) is 12.8 Å². The van der Waals surface area contributed by atoms with Crippen LogP contribution < -0.4 is 0 Å². The molecule has 0 bridgehead atoms. The van der Waals surface area contributed by atoms with Gasteiger partial charge in [-0.15, -0.1) is 0 Å². The molecule has 2 atom stereocenters. The van der Waals surface area contributed by atoms with Crippen molar-refractivity contribution in [1.29, 1.82) is 0 Å². The Bertz CT molecular complexity index is 36.9. The van der Waals surface area contributed by atoms with E-state index in [2.05, 4.69) is 18.6 Å². The Morgan fingerprint density at radius 3 is 1.40 bits per heavy atom. The van der Waals surface area contributed by atoms with Crippen LogP contribution in [0.1, 0.15) is 13.8 Å². The Hall–Kier alpha value is -0.0400. The minimum atomic E-state index is 0.676. The molecule has 0 amide bonds. The van der Waals surface area contributed by atoms with Crippen LogP contribution in [-0.2, 0) is 0 Å². The second-order valence-electron chi connectivity index (χ2n) is 1.63. The van der Waals surface area contributed by atoms with Crippen LogP contribution >= 0.6 is 0 Å². The fraction of sp³-hybridized carbons (Fsp3) is 1.00. The molecular formula is C4H9O+. The Kier molecular flexibility index (Phi) is 0.453. The molecule has 1 aliphatic rings. The van der Waals surface area contributed by atoms with Crippen molar-refractivity contribution in [2.24, 2.45) is 0 Å². The van der Waals surface area contributed by atoms with Crippen molar-refractivity contribution in [3.05, 3.63) is 0 Å². The molecule has 0 aliphatic carbocycles. The van der Waals surface area contributed by atoms with Crippen molar-refractivity contribution in [3.63, 3.8) is 0 Å². The van der Waals surface area contributed by atoms with Gasteiger partial charge in [0, 0.05) is 13.8 Å². The predicted octanol–water partition coefficient (Wildman–Crippen LogP) is 0.305. The Balaban J connectivity index is 2.20. The summed E-state index contributed by atoms with van der Waals surface area (Å²) in [7, 11) is 0. The SMILES string of the molecule is C[C@H]1[OH+][C@@H]1C. The van der Waals surface area contributed by atoms with Gasteiger partial charge in [0.1, 0.15) is 0 Å². The summed E-state index contributed by atoms with van der Waals surface area (Å²) in [6.07, 6.45) is 1.35. The van der Waals surface area contributed by atoms with E-state index in [4.69, 9.17) is 0 Å². The van der Waals surface area contributed by atoms with Crippen LogP contribution in [0.4, 0.5) is 0 Å². The molecule has 1 N–H and O–H groups in total. The van der Waals surface area contributed by atoms with E-state index in [1.807, 2.05) is 0 Å². The third-order valence-electron chi connectivity index (χ3n) is 1.08. The van der Waals surface area contributed by atoms with Crippen LogP contribution in [0.15, 0.2) is 0 Å². The molecule has 0 aromatic rings. The van der Waals surface area contributed by atoms with Crippen molar-refractivity contribution in [2.45, 2.75) is 26.1 Å². The first-order valence-corrected chi connectivity index (χ1v) is 2.00. The lowest BCUT2D eigenvalue weighted by atomic mass is 10.4. The lowest BCUT2D eigenvalue weighted by Gasteiger charge is -1.46. The van der Waals surface area contributed by atoms with E-state index in [1.165, 1.54) is 0 Å². The van der Waals surface area contributed by atoms with E-state index in [0.29, 0.717) is 12.2 Å². The van der Waals surface area contributed by atoms with Crippen LogP contribution in [-0.4, -0.2) is 16.9 Å². The highest BCUT2D eigenvalue weighted by molar-refractivity contribution is 4.70. The van der Waals surface area contributed by atoms with Crippen molar-refractivity contribution in [1.82, 2.24) is 0 Å². The molecule has 0 saturated carbocycles. The van der Waals surface area contributed by atoms with Gasteiger partial charge < -0.3 is 4.74 Å². The molecule has 0 spiro atoms. The zero-order valence-electron chi connectivity index (χ0n) is 3.60. The van der Waals surface area contributed by atoms with Gasteiger partial charge in [-0.3, -0.25) is 0 Å². The first kappa shape index (κ1) is 3.16. The average molecular weight is 73.1 g/mol. The normalized spacial score (nSPS) is 49.2. The highest BCUT2D eigenvalue weighted by Gasteiger charge is 2.37. The first-order valence-electron chi connectivity index (χ1n) is 2.00. The molecule has 1 aliphatic heterocycles. The molecule has 1 nitrogen and oxygen atoms in total. The van der Waals surface area contributed by atoms with E-state index in [1.54, 1.807) is 0 Å². The van der Waals surface area contributed by atoms with Crippen LogP contribution in [0.25, 0.3) is 0 Å². The maximum atomic E-state index is 4.06. The zero-order valence-corrected chi connectivity index (χ0v) is 3.60. The van der Waals surface area contributed by atoms with Crippen molar-refractivity contribution < 1.29 is 4.74 Å². The molecule has 1 rings (SSSR count). The van der Waals surface area contributed by atoms with Crippen LogP contribution in [0.2, 0.25) is 0 Å². The minimum absolute atomic E-state index is 0.676. The largest absolute Gasteiger partial charge is 0.418 e. The number of epoxide rings is 1. The Labute approximate surface area is 31.9 Å². The summed E-state index contributed by atoms with van der Waals surface area (Å²) >= 11 is 0. The van der Waals surface area contributed by atoms with E-state index in [9.17, 15) is 0 Å². The summed E-state index contributed by atoms with van der Waals surface area (Å²) in [6, 6.07) is 0. The van der Waals surface area contributed by atoms with Crippen molar-refractivity contribution >= 4 is 0 Å². The van der Waals surface area contributed by atoms with Gasteiger partial charge in [0.25, 0.3) is 0 Å². The van der Waals surface area contributed by atoms with E-state index in [-0.39, 0.29) is 0 Å². The molecule has 30 valence electrons. The van der Waals surface area contributed by atoms with E-state index >= 15 is 0 Å². The first-order chi connectivity index (χ1) is 2.30. The number of rotatable bonds is 0. The van der Waals surface area contributed by atoms with Gasteiger partial charge in [-0.25, -0.2) is 0 Å². The lowest BCUT2D eigenvalue weighted by molar-refractivity contribution is 0.183. The molecule has 0 aromatic carbocycles. The molecular weight excluding hydrogens is 64.0 g/mol. The molecule has 5 heavy (non-hydrogen) atoms. The Morgan fingerprint density at radius 1 is 1.20 bits per heavy atom. The molecule has 1 heteroatoms. The summed E-state index contributed by atoms with van der Waals surface area (Å²) in [4.78, 5) is 0. The average Bonchev–Trinajstić information content (AvgIpc) is 1.79. The van der Waals surface area contributed by atoms with Crippen LogP contribution in [0.3, 0.4) is 0 Å². The lowest BCUT2D eigenvalue weighted by Crippen LogP contribution is -1.74. The molecule has 1 fully saturated rings. The smallest absolute Gasteiger partial charge is 0.224 e. The summed E-state index contributed by atoms with van der Waals surface area (Å²) in [6.45, 7) is 4.26. The standard InChI is InChI=1S/C4H8O/c1-3-4(2)5-3/h3-4H,1-2H3/p+1/t3-,4-/m1/s1. The maximum Gasteiger partial charge on any atom is 0.224 e. The minimum Gasteiger partial charge on any atom is -0.418 e. The molecule has 1 saturated heterocycles. The summed E-state index contributed by atoms with van der Waals surface area (Å²) < 4.78 is 4.06. The van der Waals surface area contributed by atoms with Crippen molar-refractivity contribution in [3.8, 4) is 0 Å². The quantitative estimate of drug-likeness (QED) is 0.289. The number of hydrogen-bond acceptors (Lipinski definition) is 0. The third-order valence-corrected chi connectivity index (χ3v) is 1.08. The zero-order chi connectivity index (χ0) is 3.86. The van der Waals surface area contributed by atoms with Crippen LogP contribution in [0, 0.1) is 0 Å². The van der Waals surface area contributed by atoms with Gasteiger partial charge in [-0.05, 0) is 0 Å².